The number of hydrogen-bond acceptors (Lipinski definition) is 14. The minimum Gasteiger partial charge on any atom is -0.481 e. The first-order valence-corrected chi connectivity index (χ1v) is 15.9. The number of hydrogen-bond donors (Lipinski definition) is 12. The van der Waals surface area contributed by atoms with Crippen molar-refractivity contribution in [3.05, 3.63) is 0 Å². The Morgan fingerprint density at radius 1 is 0.765 bits per heavy atom. The minimum absolute atomic E-state index is 0.0150. The number of carbonyl (C=O) groups is 8. The van der Waals surface area contributed by atoms with Crippen LogP contribution in [-0.2, 0) is 47.8 Å². The average molecular weight is 737 g/mol. The summed E-state index contributed by atoms with van der Waals surface area (Å²) in [5.74, 6) is -8.65. The van der Waals surface area contributed by atoms with Gasteiger partial charge in [-0.1, -0.05) is 0 Å². The number of carboxylic acid groups (broad SMARTS) is 3. The first-order chi connectivity index (χ1) is 23.7. The Balaban J connectivity index is 3.07. The number of ether oxygens (including phenoxy) is 2. The number of nitrogens with two attached hydrogens (primary N) is 1. The van der Waals surface area contributed by atoms with Crippen molar-refractivity contribution in [3.63, 3.8) is 0 Å². The van der Waals surface area contributed by atoms with Crippen LogP contribution < -0.4 is 32.3 Å². The van der Waals surface area contributed by atoms with E-state index in [1.807, 2.05) is 0 Å². The van der Waals surface area contributed by atoms with E-state index in [-0.39, 0.29) is 19.3 Å². The molecule has 0 bridgehead atoms. The summed E-state index contributed by atoms with van der Waals surface area (Å²) in [5, 5.41) is 69.1. The van der Waals surface area contributed by atoms with E-state index < -0.39 is 134 Å². The maximum Gasteiger partial charge on any atom is 0.325 e. The van der Waals surface area contributed by atoms with E-state index in [9.17, 15) is 58.8 Å². The molecule has 13 N–H and O–H groups in total. The average Bonchev–Trinajstić information content (AvgIpc) is 3.04. The Hall–Kier alpha value is -4.48. The number of nitrogens with one attached hydrogen (secondary N) is 5. The quantitative estimate of drug-likeness (QED) is 0.0524. The summed E-state index contributed by atoms with van der Waals surface area (Å²) in [7, 11) is 0. The molecule has 0 aromatic heterocycles. The van der Waals surface area contributed by atoms with Gasteiger partial charge in [0.25, 0.3) is 0 Å². The molecule has 1 saturated heterocycles. The van der Waals surface area contributed by atoms with Crippen LogP contribution in [0.5, 0.6) is 0 Å². The lowest BCUT2D eigenvalue weighted by atomic mass is 9.96. The number of aliphatic hydroxyl groups is 3. The molecule has 22 nitrogen and oxygen atoms in total. The van der Waals surface area contributed by atoms with E-state index in [1.165, 1.54) is 13.8 Å². The van der Waals surface area contributed by atoms with Gasteiger partial charge in [-0.15, -0.1) is 0 Å². The molecule has 290 valence electrons. The summed E-state index contributed by atoms with van der Waals surface area (Å²) in [6.45, 7) is 3.94. The summed E-state index contributed by atoms with van der Waals surface area (Å²) in [4.78, 5) is 97.4. The monoisotopic (exact) mass is 736 g/mol. The second-order valence-corrected chi connectivity index (χ2v) is 11.9. The molecule has 11 atom stereocenters. The fraction of sp³-hybridized carbons (Fsp3) is 0.724. The highest BCUT2D eigenvalue weighted by Crippen LogP contribution is 2.24. The zero-order valence-corrected chi connectivity index (χ0v) is 28.4. The largest absolute Gasteiger partial charge is 0.481 e. The van der Waals surface area contributed by atoms with Gasteiger partial charge >= 0.3 is 17.9 Å². The van der Waals surface area contributed by atoms with Crippen LogP contribution >= 0.6 is 0 Å². The van der Waals surface area contributed by atoms with Gasteiger partial charge in [-0.05, 0) is 46.5 Å². The highest BCUT2D eigenvalue weighted by Gasteiger charge is 2.47. The fourth-order valence-corrected chi connectivity index (χ4v) is 4.74. The second kappa shape index (κ2) is 21.0. The van der Waals surface area contributed by atoms with Crippen molar-refractivity contribution >= 4 is 47.4 Å². The third-order valence-corrected chi connectivity index (χ3v) is 7.69. The predicted molar refractivity (Wildman–Crippen MR) is 169 cm³/mol. The zero-order valence-electron chi connectivity index (χ0n) is 28.4. The van der Waals surface area contributed by atoms with Gasteiger partial charge in [-0.2, -0.15) is 0 Å². The Morgan fingerprint density at radius 2 is 1.31 bits per heavy atom. The van der Waals surface area contributed by atoms with Crippen molar-refractivity contribution in [1.82, 2.24) is 26.6 Å². The fourth-order valence-electron chi connectivity index (χ4n) is 4.74. The molecule has 1 aliphatic rings. The zero-order chi connectivity index (χ0) is 39.2. The smallest absolute Gasteiger partial charge is 0.325 e. The lowest BCUT2D eigenvalue weighted by Gasteiger charge is -2.43. The Morgan fingerprint density at radius 3 is 1.84 bits per heavy atom. The lowest BCUT2D eigenvalue weighted by molar-refractivity contribution is -0.266. The van der Waals surface area contributed by atoms with Gasteiger partial charge in [0.05, 0.1) is 6.61 Å². The number of amides is 5. The van der Waals surface area contributed by atoms with Crippen LogP contribution in [0, 0.1) is 0 Å². The highest BCUT2D eigenvalue weighted by atomic mass is 16.6. The summed E-state index contributed by atoms with van der Waals surface area (Å²) in [6.07, 6.45) is -9.07. The van der Waals surface area contributed by atoms with Crippen LogP contribution in [0.25, 0.3) is 0 Å². The van der Waals surface area contributed by atoms with Gasteiger partial charge in [0, 0.05) is 13.3 Å². The topological polar surface area (TPSA) is 363 Å². The summed E-state index contributed by atoms with van der Waals surface area (Å²) >= 11 is 0. The molecule has 5 amide bonds. The molecule has 0 aromatic rings. The van der Waals surface area contributed by atoms with Gasteiger partial charge in [-0.3, -0.25) is 38.4 Å². The minimum atomic E-state index is -1.73. The third kappa shape index (κ3) is 14.7. The normalized spacial score (nSPS) is 23.6. The molecule has 1 rings (SSSR count). The number of aliphatic carboxylic acids is 3. The summed E-state index contributed by atoms with van der Waals surface area (Å²) < 4.78 is 10.7. The maximum atomic E-state index is 13.3. The molecule has 0 aromatic carbocycles. The van der Waals surface area contributed by atoms with E-state index in [0.717, 1.165) is 13.8 Å². The van der Waals surface area contributed by atoms with E-state index in [0.29, 0.717) is 0 Å². The molecule has 0 aliphatic carbocycles. The van der Waals surface area contributed by atoms with E-state index >= 15 is 0 Å². The van der Waals surface area contributed by atoms with Crippen molar-refractivity contribution in [2.24, 2.45) is 5.73 Å². The second-order valence-electron chi connectivity index (χ2n) is 11.9. The molecule has 1 fully saturated rings. The van der Waals surface area contributed by atoms with Crippen LogP contribution in [0.3, 0.4) is 0 Å². The number of rotatable bonds is 21. The molecule has 0 saturated carbocycles. The third-order valence-electron chi connectivity index (χ3n) is 7.69. The molecule has 0 unspecified atom stereocenters. The SMILES string of the molecule is CC(=O)N[C@@H]1[C@@H](O[C@H](C)C(=O)N[C@@H](C)C(=O)N[C@H](CCC(=O)O)C(=O)N[C@@H](CCC[C@@H](N)C(=O)O)C(=O)N[C@H](C)C(=O)O)[C@H](O)[C@@H](CO)O[C@H]1O. The van der Waals surface area contributed by atoms with E-state index in [1.54, 1.807) is 0 Å². The molecule has 0 radical (unpaired) electrons. The van der Waals surface area contributed by atoms with Crippen molar-refractivity contribution in [2.45, 2.75) is 127 Å². The maximum absolute atomic E-state index is 13.3. The van der Waals surface area contributed by atoms with Gasteiger partial charge < -0.3 is 72.4 Å². The predicted octanol–water partition coefficient (Wildman–Crippen LogP) is -5.15. The van der Waals surface area contributed by atoms with E-state index in [4.69, 9.17) is 25.4 Å². The van der Waals surface area contributed by atoms with Gasteiger partial charge in [-0.25, -0.2) is 0 Å². The van der Waals surface area contributed by atoms with Gasteiger partial charge in [0.15, 0.2) is 6.29 Å². The van der Waals surface area contributed by atoms with Crippen molar-refractivity contribution < 1.29 is 78.5 Å². The van der Waals surface area contributed by atoms with Gasteiger partial charge in [0.2, 0.25) is 29.5 Å². The van der Waals surface area contributed by atoms with Crippen molar-refractivity contribution in [2.75, 3.05) is 6.61 Å². The van der Waals surface area contributed by atoms with Crippen LogP contribution in [0.2, 0.25) is 0 Å². The van der Waals surface area contributed by atoms with Crippen LogP contribution in [0.4, 0.5) is 0 Å². The van der Waals surface area contributed by atoms with Crippen LogP contribution in [0.1, 0.15) is 59.8 Å². The highest BCUT2D eigenvalue weighted by molar-refractivity contribution is 5.95. The summed E-state index contributed by atoms with van der Waals surface area (Å²) in [6, 6.07) is -8.49. The Labute approximate surface area is 291 Å². The Kier molecular flexibility index (Phi) is 18.4. The van der Waals surface area contributed by atoms with Gasteiger partial charge in [0.1, 0.15) is 60.7 Å². The van der Waals surface area contributed by atoms with E-state index in [2.05, 4.69) is 26.6 Å². The number of aliphatic hydroxyl groups excluding tert-OH is 3. The summed E-state index contributed by atoms with van der Waals surface area (Å²) in [5.41, 5.74) is 5.49. The molecule has 51 heavy (non-hydrogen) atoms. The number of carbonyl (C=O) groups excluding carboxylic acids is 5. The molecule has 22 heteroatoms. The molecule has 1 heterocycles. The van der Waals surface area contributed by atoms with Crippen LogP contribution in [-0.4, -0.2) is 152 Å². The first-order valence-electron chi connectivity index (χ1n) is 15.9. The van der Waals surface area contributed by atoms with Crippen molar-refractivity contribution in [1.29, 1.82) is 0 Å². The standard InChI is InChI=1S/C29H48N6O16/c1-11(31-24(42)13(3)50-22-20(33-14(4)37)29(49)51-18(10-36)21(22)40)23(41)34-17(8-9-19(38)39)26(44)35-16(7-5-6-15(30)28(47)48)25(43)32-12(2)27(45)46/h11-13,15-18,20-22,29,36,40,49H,5-10,30H2,1-4H3,(H,31,42)(H,32,43)(H,33,37)(H,34,41)(H,35,44)(H,38,39)(H,45,46)(H,47,48)/t11-,12+,13+,15+,16-,17+,18+,20+,21+,22+,29+/m0/s1. The molecule has 0 spiro atoms. The Bertz CT molecular complexity index is 1270. The molecular formula is C29H48N6O16. The molecule has 1 aliphatic heterocycles. The van der Waals surface area contributed by atoms with Crippen molar-refractivity contribution in [3.8, 4) is 0 Å². The van der Waals surface area contributed by atoms with Crippen LogP contribution in [0.15, 0.2) is 0 Å². The molecular weight excluding hydrogens is 688 g/mol. The lowest BCUT2D eigenvalue weighted by Crippen LogP contribution is -2.65. The number of carboxylic acids is 3. The first kappa shape index (κ1) is 44.5.